The average Bonchev–Trinajstić information content (AvgIpc) is 3.84. The molecule has 0 unspecified atom stereocenters. The largest absolute Gasteiger partial charge is 0.456 e. The zero-order valence-electron chi connectivity index (χ0n) is 24.0. The van der Waals surface area contributed by atoms with E-state index in [2.05, 4.69) is 65.5 Å². The number of rotatable bonds is 2. The SMILES string of the molecule is c1cc2c(cn1)c1cnccc1n2-c1ccc2oc3cc4c(cc3c2c1)oc1ccc(-n2c3ccncc3c3ccncc32)cc14. The molecule has 0 fully saturated rings. The van der Waals surface area contributed by atoms with Gasteiger partial charge in [0, 0.05) is 97.8 Å². The molecule has 0 N–H and O–H groups in total. The van der Waals surface area contributed by atoms with E-state index in [-0.39, 0.29) is 0 Å². The number of benzene rings is 3. The molecule has 8 heterocycles. The second-order valence-electron chi connectivity index (χ2n) is 11.7. The second-order valence-corrected chi connectivity index (χ2v) is 11.7. The molecule has 46 heavy (non-hydrogen) atoms. The van der Waals surface area contributed by atoms with Crippen LogP contribution in [-0.2, 0) is 0 Å². The molecule has 0 saturated heterocycles. The lowest BCUT2D eigenvalue weighted by atomic mass is 10.1. The van der Waals surface area contributed by atoms with Crippen LogP contribution in [0.4, 0.5) is 0 Å². The van der Waals surface area contributed by atoms with Gasteiger partial charge < -0.3 is 18.0 Å². The van der Waals surface area contributed by atoms with E-state index < -0.39 is 0 Å². The van der Waals surface area contributed by atoms with Crippen LogP contribution in [0.15, 0.2) is 131 Å². The molecule has 3 aromatic carbocycles. The summed E-state index contributed by atoms with van der Waals surface area (Å²) >= 11 is 0. The van der Waals surface area contributed by atoms with Crippen LogP contribution in [0.5, 0.6) is 0 Å². The van der Waals surface area contributed by atoms with Crippen LogP contribution >= 0.6 is 0 Å². The van der Waals surface area contributed by atoms with Crippen molar-refractivity contribution in [3.05, 3.63) is 122 Å². The van der Waals surface area contributed by atoms with Crippen molar-refractivity contribution >= 4 is 87.5 Å². The van der Waals surface area contributed by atoms with E-state index in [9.17, 15) is 0 Å². The Balaban J connectivity index is 1.13. The lowest BCUT2D eigenvalue weighted by molar-refractivity contribution is 0.664. The van der Waals surface area contributed by atoms with Crippen molar-refractivity contribution in [2.24, 2.45) is 0 Å². The average molecular weight is 593 g/mol. The van der Waals surface area contributed by atoms with Gasteiger partial charge in [0.2, 0.25) is 0 Å². The van der Waals surface area contributed by atoms with Crippen LogP contribution in [-0.4, -0.2) is 29.1 Å². The molecular weight excluding hydrogens is 572 g/mol. The number of pyridine rings is 4. The van der Waals surface area contributed by atoms with Crippen LogP contribution < -0.4 is 0 Å². The van der Waals surface area contributed by atoms with Gasteiger partial charge in [0.1, 0.15) is 22.3 Å². The fraction of sp³-hybridized carbons (Fsp3) is 0. The molecule has 0 amide bonds. The molecule has 0 aliphatic rings. The number of hydrogen-bond donors (Lipinski definition) is 0. The molecule has 0 spiro atoms. The molecule has 0 aliphatic heterocycles. The molecular formula is C38H20N6O2. The summed E-state index contributed by atoms with van der Waals surface area (Å²) in [4.78, 5) is 17.6. The van der Waals surface area contributed by atoms with Crippen LogP contribution in [0, 0.1) is 0 Å². The van der Waals surface area contributed by atoms with Crippen molar-refractivity contribution in [3.63, 3.8) is 0 Å². The summed E-state index contributed by atoms with van der Waals surface area (Å²) in [6.07, 6.45) is 14.9. The van der Waals surface area contributed by atoms with E-state index in [4.69, 9.17) is 8.83 Å². The molecule has 8 aromatic heterocycles. The number of hydrogen-bond acceptors (Lipinski definition) is 6. The molecule has 0 aliphatic carbocycles. The third-order valence-corrected chi connectivity index (χ3v) is 9.28. The van der Waals surface area contributed by atoms with Gasteiger partial charge in [0.15, 0.2) is 0 Å². The van der Waals surface area contributed by atoms with Crippen molar-refractivity contribution in [1.29, 1.82) is 0 Å². The summed E-state index contributed by atoms with van der Waals surface area (Å²) < 4.78 is 17.4. The van der Waals surface area contributed by atoms with Crippen LogP contribution in [0.3, 0.4) is 0 Å². The molecule has 0 bridgehead atoms. The summed E-state index contributed by atoms with van der Waals surface area (Å²) in [5.41, 5.74) is 9.62. The highest BCUT2D eigenvalue weighted by Gasteiger charge is 2.18. The van der Waals surface area contributed by atoms with Crippen LogP contribution in [0.25, 0.3) is 98.9 Å². The predicted octanol–water partition coefficient (Wildman–Crippen LogP) is 9.26. The monoisotopic (exact) mass is 592 g/mol. The van der Waals surface area contributed by atoms with Crippen molar-refractivity contribution < 1.29 is 8.83 Å². The van der Waals surface area contributed by atoms with Crippen LogP contribution in [0.1, 0.15) is 0 Å². The maximum absolute atomic E-state index is 6.45. The van der Waals surface area contributed by atoms with Gasteiger partial charge >= 0.3 is 0 Å². The fourth-order valence-electron chi connectivity index (χ4n) is 7.28. The maximum atomic E-state index is 6.45. The third kappa shape index (κ3) is 3.07. The fourth-order valence-corrected chi connectivity index (χ4v) is 7.28. The highest BCUT2D eigenvalue weighted by Crippen LogP contribution is 2.40. The van der Waals surface area contributed by atoms with E-state index in [1.165, 1.54) is 0 Å². The summed E-state index contributed by atoms with van der Waals surface area (Å²) in [7, 11) is 0. The molecule has 0 saturated carbocycles. The zero-order valence-corrected chi connectivity index (χ0v) is 24.0. The zero-order chi connectivity index (χ0) is 29.9. The van der Waals surface area contributed by atoms with Gasteiger partial charge in [-0.05, 0) is 72.8 Å². The van der Waals surface area contributed by atoms with Gasteiger partial charge in [-0.1, -0.05) is 0 Å². The quantitative estimate of drug-likeness (QED) is 0.199. The molecule has 214 valence electrons. The Morgan fingerprint density at radius 2 is 0.783 bits per heavy atom. The molecule has 11 rings (SSSR count). The molecule has 0 radical (unpaired) electrons. The van der Waals surface area contributed by atoms with E-state index in [1.807, 2.05) is 86.0 Å². The minimum Gasteiger partial charge on any atom is -0.456 e. The lowest BCUT2D eigenvalue weighted by Crippen LogP contribution is -1.93. The topological polar surface area (TPSA) is 87.7 Å². The summed E-state index contributed by atoms with van der Waals surface area (Å²) in [5, 5.41) is 8.42. The maximum Gasteiger partial charge on any atom is 0.136 e. The first-order valence-electron chi connectivity index (χ1n) is 15.0. The van der Waals surface area contributed by atoms with Gasteiger partial charge in [-0.15, -0.1) is 0 Å². The van der Waals surface area contributed by atoms with Crippen molar-refractivity contribution in [1.82, 2.24) is 29.1 Å². The standard InChI is InChI=1S/C38H20N6O2/c1-3-35-24(13-21(1)43-32-7-11-40-18-29(32)30-19-41-12-8-33(30)43)26-15-38-27(16-37(26)45-35)25-14-22(2-4-36(25)46-38)44-31-6-10-39-17-28(31)23-5-9-42-20-34(23)44/h1-20H. The number of fused-ring (bicyclic) bond motifs is 12. The molecule has 0 atom stereocenters. The van der Waals surface area contributed by atoms with Gasteiger partial charge in [-0.25, -0.2) is 0 Å². The van der Waals surface area contributed by atoms with E-state index in [0.717, 1.165) is 98.9 Å². The van der Waals surface area contributed by atoms with Gasteiger partial charge in [-0.2, -0.15) is 0 Å². The van der Waals surface area contributed by atoms with Crippen molar-refractivity contribution in [2.75, 3.05) is 0 Å². The number of nitrogens with zero attached hydrogens (tertiary/aromatic N) is 6. The minimum absolute atomic E-state index is 0.815. The van der Waals surface area contributed by atoms with Crippen LogP contribution in [0.2, 0.25) is 0 Å². The number of furan rings is 2. The summed E-state index contributed by atoms with van der Waals surface area (Å²) in [6.45, 7) is 0. The van der Waals surface area contributed by atoms with Gasteiger partial charge in [0.05, 0.1) is 28.3 Å². The number of aromatic nitrogens is 6. The van der Waals surface area contributed by atoms with E-state index >= 15 is 0 Å². The van der Waals surface area contributed by atoms with E-state index in [0.29, 0.717) is 0 Å². The Hall–Kier alpha value is -6.54. The Labute approximate surface area is 258 Å². The Morgan fingerprint density at radius 3 is 1.33 bits per heavy atom. The highest BCUT2D eigenvalue weighted by molar-refractivity contribution is 6.16. The first kappa shape index (κ1) is 23.9. The first-order chi connectivity index (χ1) is 22.8. The Morgan fingerprint density at radius 1 is 0.348 bits per heavy atom. The van der Waals surface area contributed by atoms with E-state index in [1.54, 1.807) is 0 Å². The Kier molecular flexibility index (Phi) is 4.43. The van der Waals surface area contributed by atoms with Gasteiger partial charge in [0.25, 0.3) is 0 Å². The lowest BCUT2D eigenvalue weighted by Gasteiger charge is -2.07. The normalized spacial score (nSPS) is 12.3. The van der Waals surface area contributed by atoms with Gasteiger partial charge in [-0.3, -0.25) is 19.9 Å². The first-order valence-corrected chi connectivity index (χ1v) is 15.0. The Bertz CT molecular complexity index is 2740. The minimum atomic E-state index is 0.815. The summed E-state index contributed by atoms with van der Waals surface area (Å²) in [5.74, 6) is 0. The highest BCUT2D eigenvalue weighted by atomic mass is 16.3. The molecule has 8 nitrogen and oxygen atoms in total. The second kappa shape index (κ2) is 8.55. The predicted molar refractivity (Wildman–Crippen MR) is 181 cm³/mol. The third-order valence-electron chi connectivity index (χ3n) is 9.28. The summed E-state index contributed by atoms with van der Waals surface area (Å²) in [6, 6.07) is 25.1. The van der Waals surface area contributed by atoms with Crippen molar-refractivity contribution in [3.8, 4) is 11.4 Å². The smallest absolute Gasteiger partial charge is 0.136 e. The van der Waals surface area contributed by atoms with Crippen molar-refractivity contribution in [2.45, 2.75) is 0 Å². The molecule has 8 heteroatoms. The molecule has 11 aromatic rings.